The molecule has 0 aromatic heterocycles. The molecule has 0 saturated carbocycles. The van der Waals surface area contributed by atoms with Crippen molar-refractivity contribution < 1.29 is 22.7 Å². The number of carbonyl (C=O) groups is 1. The monoisotopic (exact) mass is 456 g/mol. The van der Waals surface area contributed by atoms with E-state index in [1.54, 1.807) is 25.1 Å². The Kier molecular flexibility index (Phi) is 6.64. The molecule has 154 valence electrons. The van der Waals surface area contributed by atoms with Gasteiger partial charge in [0.15, 0.2) is 9.84 Å². The molecule has 1 fully saturated rings. The van der Waals surface area contributed by atoms with Crippen LogP contribution >= 0.6 is 23.2 Å². The molecule has 7 nitrogen and oxygen atoms in total. The Morgan fingerprint density at radius 3 is 2.90 bits per heavy atom. The number of benzene rings is 1. The van der Waals surface area contributed by atoms with Gasteiger partial charge in [-0.3, -0.25) is 4.99 Å². The van der Waals surface area contributed by atoms with Gasteiger partial charge in [0.25, 0.3) is 0 Å². The van der Waals surface area contributed by atoms with Crippen molar-refractivity contribution >= 4 is 44.7 Å². The van der Waals surface area contributed by atoms with E-state index in [4.69, 9.17) is 37.9 Å². The molecule has 1 aromatic rings. The smallest absolute Gasteiger partial charge is 0.336 e. The van der Waals surface area contributed by atoms with Crippen molar-refractivity contribution in [2.45, 2.75) is 24.5 Å². The lowest BCUT2D eigenvalue weighted by Crippen LogP contribution is -2.42. The number of rotatable bonds is 4. The molecule has 0 spiro atoms. The summed E-state index contributed by atoms with van der Waals surface area (Å²) in [4.78, 5) is 17.2. The van der Waals surface area contributed by atoms with Crippen LogP contribution in [0.2, 0.25) is 10.0 Å². The Hall–Kier alpha value is -1.92. The number of allylic oxidation sites excluding steroid dienone is 1. The van der Waals surface area contributed by atoms with Crippen molar-refractivity contribution in [3.8, 4) is 6.07 Å². The van der Waals surface area contributed by atoms with Gasteiger partial charge in [0.1, 0.15) is 11.9 Å². The normalized spacial score (nSPS) is 23.4. The number of aliphatic imine (C=N–C) groups is 1. The first-order valence-corrected chi connectivity index (χ1v) is 11.3. The molecular weight excluding hydrogens is 439 g/mol. The number of halogens is 2. The molecule has 0 amide bonds. The molecule has 1 aromatic carbocycles. The lowest BCUT2D eigenvalue weighted by atomic mass is 9.83. The molecular formula is C19H18Cl2N2O5S. The van der Waals surface area contributed by atoms with E-state index >= 15 is 0 Å². The highest BCUT2D eigenvalue weighted by atomic mass is 35.5. The summed E-state index contributed by atoms with van der Waals surface area (Å²) in [5.74, 6) is -1.89. The summed E-state index contributed by atoms with van der Waals surface area (Å²) in [6, 6.07) is 6.75. The third-order valence-corrected chi connectivity index (χ3v) is 7.66. The number of carbonyl (C=O) groups excluding carboxylic acids is 1. The van der Waals surface area contributed by atoms with Gasteiger partial charge < -0.3 is 9.47 Å². The predicted octanol–water partition coefficient (Wildman–Crippen LogP) is 3.08. The number of esters is 1. The van der Waals surface area contributed by atoms with Crippen LogP contribution in [0.1, 0.15) is 24.8 Å². The number of hydrogen-bond donors (Lipinski definition) is 0. The minimum absolute atomic E-state index is 0.0186. The van der Waals surface area contributed by atoms with Crippen LogP contribution < -0.4 is 0 Å². The summed E-state index contributed by atoms with van der Waals surface area (Å²) in [5.41, 5.74) is 1.12. The Morgan fingerprint density at radius 2 is 2.17 bits per heavy atom. The van der Waals surface area contributed by atoms with Gasteiger partial charge in [-0.2, -0.15) is 5.26 Å². The van der Waals surface area contributed by atoms with E-state index in [1.165, 1.54) is 0 Å². The Morgan fingerprint density at radius 1 is 1.41 bits per heavy atom. The minimum Gasteiger partial charge on any atom is -0.461 e. The van der Waals surface area contributed by atoms with Crippen LogP contribution in [0.3, 0.4) is 0 Å². The lowest BCUT2D eigenvalue weighted by molar-refractivity contribution is -0.139. The lowest BCUT2D eigenvalue weighted by Gasteiger charge is -2.32. The van der Waals surface area contributed by atoms with Crippen molar-refractivity contribution in [3.63, 3.8) is 0 Å². The van der Waals surface area contributed by atoms with Crippen LogP contribution in [0.15, 0.2) is 34.5 Å². The second kappa shape index (κ2) is 8.84. The van der Waals surface area contributed by atoms with E-state index in [1.807, 2.05) is 6.07 Å². The fraction of sp³-hybridized carbons (Fsp3) is 0.421. The molecule has 29 heavy (non-hydrogen) atoms. The molecule has 0 N–H and O–H groups in total. The molecule has 2 heterocycles. The maximum absolute atomic E-state index is 13.1. The number of sulfone groups is 1. The number of nitriles is 1. The maximum Gasteiger partial charge on any atom is 0.336 e. The first-order valence-electron chi connectivity index (χ1n) is 8.83. The van der Waals surface area contributed by atoms with Gasteiger partial charge in [-0.05, 0) is 18.6 Å². The number of fused-ring (bicyclic) bond motifs is 1. The molecule has 1 saturated heterocycles. The minimum atomic E-state index is -3.71. The highest BCUT2D eigenvalue weighted by molar-refractivity contribution is 7.92. The Balaban J connectivity index is 2.20. The summed E-state index contributed by atoms with van der Waals surface area (Å²) in [5, 5.41) is 7.97. The van der Waals surface area contributed by atoms with Gasteiger partial charge in [0, 0.05) is 11.6 Å². The van der Waals surface area contributed by atoms with Crippen molar-refractivity contribution in [1.29, 1.82) is 5.26 Å². The summed E-state index contributed by atoms with van der Waals surface area (Å²) in [6.45, 7) is 1.56. The number of nitrogens with zero attached hydrogens (tertiary/aromatic N) is 2. The Labute approximate surface area is 178 Å². The fourth-order valence-electron chi connectivity index (χ4n) is 3.54. The van der Waals surface area contributed by atoms with Crippen molar-refractivity contribution in [1.82, 2.24) is 0 Å². The zero-order valence-electron chi connectivity index (χ0n) is 15.5. The maximum atomic E-state index is 13.1. The first-order chi connectivity index (χ1) is 13.8. The second-order valence-corrected chi connectivity index (χ2v) is 9.63. The average molecular weight is 457 g/mol. The van der Waals surface area contributed by atoms with Gasteiger partial charge in [-0.15, -0.1) is 0 Å². The predicted molar refractivity (Wildman–Crippen MR) is 109 cm³/mol. The third-order valence-electron chi connectivity index (χ3n) is 4.78. The summed E-state index contributed by atoms with van der Waals surface area (Å²) in [7, 11) is -3.71. The third kappa shape index (κ3) is 4.33. The van der Waals surface area contributed by atoms with Crippen LogP contribution in [0, 0.1) is 11.3 Å². The quantitative estimate of drug-likeness (QED) is 0.508. The molecule has 2 unspecified atom stereocenters. The zero-order chi connectivity index (χ0) is 21.2. The highest BCUT2D eigenvalue weighted by Gasteiger charge is 2.47. The van der Waals surface area contributed by atoms with Crippen LogP contribution in [0.25, 0.3) is 0 Å². The molecule has 0 aliphatic carbocycles. The van der Waals surface area contributed by atoms with E-state index in [0.29, 0.717) is 17.0 Å². The van der Waals surface area contributed by atoms with Crippen molar-refractivity contribution in [2.75, 3.05) is 25.6 Å². The van der Waals surface area contributed by atoms with Crippen LogP contribution in [0.4, 0.5) is 0 Å². The molecule has 3 rings (SSSR count). The number of ether oxygens (including phenoxy) is 2. The number of hydrogen-bond acceptors (Lipinski definition) is 7. The summed E-state index contributed by atoms with van der Waals surface area (Å²) < 4.78 is 36.8. The van der Waals surface area contributed by atoms with Crippen molar-refractivity contribution in [3.05, 3.63) is 45.1 Å². The van der Waals surface area contributed by atoms with Gasteiger partial charge in [0.05, 0.1) is 52.8 Å². The first kappa shape index (κ1) is 21.8. The van der Waals surface area contributed by atoms with E-state index in [9.17, 15) is 13.2 Å². The topological polar surface area (TPSA) is 106 Å². The molecule has 2 atom stereocenters. The van der Waals surface area contributed by atoms with Crippen molar-refractivity contribution in [2.24, 2.45) is 4.99 Å². The van der Waals surface area contributed by atoms with Crippen LogP contribution in [-0.2, 0) is 24.1 Å². The summed E-state index contributed by atoms with van der Waals surface area (Å²) in [6.07, 6.45) is 0.0186. The van der Waals surface area contributed by atoms with Gasteiger partial charge in [0.2, 0.25) is 0 Å². The zero-order valence-corrected chi connectivity index (χ0v) is 17.9. The standard InChI is InChI=1S/C19H18Cl2N2O5S/c1-11-15(19(24)28-7-3-6-22)16(12-4-2-5-13(20)17(12)21)18-14(23-11)10-27-8-9-29(18,25)26/h2,4-5,16,18H,3,7-10H2,1H3. The molecule has 0 radical (unpaired) electrons. The van der Waals surface area contributed by atoms with Crippen LogP contribution in [-0.4, -0.2) is 50.9 Å². The average Bonchev–Trinajstić information content (AvgIpc) is 2.81. The fourth-order valence-corrected chi connectivity index (χ4v) is 5.80. The highest BCUT2D eigenvalue weighted by Crippen LogP contribution is 2.43. The van der Waals surface area contributed by atoms with E-state index in [2.05, 4.69) is 4.99 Å². The van der Waals surface area contributed by atoms with E-state index in [-0.39, 0.29) is 47.6 Å². The van der Waals surface area contributed by atoms with Gasteiger partial charge in [-0.1, -0.05) is 35.3 Å². The van der Waals surface area contributed by atoms with Crippen LogP contribution in [0.5, 0.6) is 0 Å². The SMILES string of the molecule is CC1=C(C(=O)OCCC#N)C(c2cccc(Cl)c2Cl)C2C(=N1)COCCS2(=O)=O. The van der Waals surface area contributed by atoms with Gasteiger partial charge >= 0.3 is 5.97 Å². The van der Waals surface area contributed by atoms with E-state index in [0.717, 1.165) is 0 Å². The molecule has 10 heteroatoms. The largest absolute Gasteiger partial charge is 0.461 e. The Bertz CT molecular complexity index is 1040. The molecule has 2 aliphatic heterocycles. The van der Waals surface area contributed by atoms with E-state index < -0.39 is 27.0 Å². The molecule has 2 aliphatic rings. The summed E-state index contributed by atoms with van der Waals surface area (Å²) >= 11 is 12.6. The molecule has 0 bridgehead atoms. The second-order valence-electron chi connectivity index (χ2n) is 6.61. The van der Waals surface area contributed by atoms with Gasteiger partial charge in [-0.25, -0.2) is 13.2 Å².